The first kappa shape index (κ1) is 18.3. The number of amides is 1. The predicted molar refractivity (Wildman–Crippen MR) is 108 cm³/mol. The standard InChI is InChI=1S/C21H18N4O4/c1-29-14-8-6-13(7-9-14)11-25-12-16(15-4-2-3-5-17(15)25)20(27)21(28)22-18-10-19(26)24-23-18/h2-10,12H,11H2,1H3,(H3,22,23,24,26,28). The van der Waals surface area contributed by atoms with Crippen molar-refractivity contribution < 1.29 is 14.3 Å². The van der Waals surface area contributed by atoms with Crippen molar-refractivity contribution in [2.45, 2.75) is 6.54 Å². The van der Waals surface area contributed by atoms with E-state index in [-0.39, 0.29) is 5.82 Å². The molecule has 1 amide bonds. The zero-order chi connectivity index (χ0) is 20.4. The van der Waals surface area contributed by atoms with E-state index in [1.165, 1.54) is 0 Å². The summed E-state index contributed by atoms with van der Waals surface area (Å²) in [6, 6.07) is 16.2. The summed E-state index contributed by atoms with van der Waals surface area (Å²) in [6.07, 6.45) is 1.68. The van der Waals surface area contributed by atoms with Gasteiger partial charge in [-0.2, -0.15) is 0 Å². The van der Waals surface area contributed by atoms with Gasteiger partial charge in [0, 0.05) is 29.7 Å². The van der Waals surface area contributed by atoms with Crippen molar-refractivity contribution in [2.24, 2.45) is 0 Å². The summed E-state index contributed by atoms with van der Waals surface area (Å²) < 4.78 is 7.11. The van der Waals surface area contributed by atoms with Crippen LogP contribution < -0.4 is 15.6 Å². The predicted octanol–water partition coefficient (Wildman–Crippen LogP) is 2.54. The van der Waals surface area contributed by atoms with Gasteiger partial charge in [0.05, 0.1) is 12.7 Å². The van der Waals surface area contributed by atoms with E-state index in [0.29, 0.717) is 17.5 Å². The van der Waals surface area contributed by atoms with Crippen LogP contribution in [0, 0.1) is 0 Å². The molecule has 146 valence electrons. The van der Waals surface area contributed by atoms with Gasteiger partial charge in [0.25, 0.3) is 17.2 Å². The quantitative estimate of drug-likeness (QED) is 0.347. The third-order valence-corrected chi connectivity index (χ3v) is 4.60. The van der Waals surface area contributed by atoms with Crippen molar-refractivity contribution in [1.82, 2.24) is 14.8 Å². The van der Waals surface area contributed by atoms with Gasteiger partial charge >= 0.3 is 0 Å². The van der Waals surface area contributed by atoms with Gasteiger partial charge in [-0.25, -0.2) is 0 Å². The van der Waals surface area contributed by atoms with Gasteiger partial charge < -0.3 is 14.6 Å². The molecule has 0 spiro atoms. The summed E-state index contributed by atoms with van der Waals surface area (Å²) in [5.74, 6) is -0.610. The largest absolute Gasteiger partial charge is 0.497 e. The fraction of sp³-hybridized carbons (Fsp3) is 0.0952. The molecule has 2 heterocycles. The Bertz CT molecular complexity index is 1250. The van der Waals surface area contributed by atoms with E-state index in [2.05, 4.69) is 15.5 Å². The Morgan fingerprint density at radius 2 is 1.83 bits per heavy atom. The Kier molecular flexibility index (Phi) is 4.74. The van der Waals surface area contributed by atoms with Crippen LogP contribution in [0.25, 0.3) is 10.9 Å². The van der Waals surface area contributed by atoms with E-state index in [0.717, 1.165) is 22.9 Å². The van der Waals surface area contributed by atoms with Gasteiger partial charge in [-0.3, -0.25) is 24.6 Å². The number of H-pyrrole nitrogens is 2. The fourth-order valence-electron chi connectivity index (χ4n) is 3.19. The fourth-order valence-corrected chi connectivity index (χ4v) is 3.19. The van der Waals surface area contributed by atoms with E-state index in [1.54, 1.807) is 19.4 Å². The first-order valence-corrected chi connectivity index (χ1v) is 8.89. The van der Waals surface area contributed by atoms with Crippen LogP contribution in [0.15, 0.2) is 65.6 Å². The highest BCUT2D eigenvalue weighted by Gasteiger charge is 2.22. The van der Waals surface area contributed by atoms with Crippen LogP contribution in [0.3, 0.4) is 0 Å². The topological polar surface area (TPSA) is 109 Å². The molecule has 8 nitrogen and oxygen atoms in total. The SMILES string of the molecule is COc1ccc(Cn2cc(C(=O)C(=O)Nc3cc(=O)[nH][nH]3)c3ccccc32)cc1. The number of benzene rings is 2. The van der Waals surface area contributed by atoms with E-state index in [4.69, 9.17) is 4.74 Å². The van der Waals surface area contributed by atoms with Crippen molar-refractivity contribution in [1.29, 1.82) is 0 Å². The maximum absolute atomic E-state index is 12.8. The molecular weight excluding hydrogens is 372 g/mol. The molecule has 3 N–H and O–H groups in total. The molecule has 29 heavy (non-hydrogen) atoms. The van der Waals surface area contributed by atoms with E-state index >= 15 is 0 Å². The summed E-state index contributed by atoms with van der Waals surface area (Å²) in [6.45, 7) is 0.532. The molecule has 0 aliphatic heterocycles. The normalized spacial score (nSPS) is 10.8. The third kappa shape index (κ3) is 3.68. The van der Waals surface area contributed by atoms with Crippen LogP contribution in [-0.4, -0.2) is 33.6 Å². The average Bonchev–Trinajstić information content (AvgIpc) is 3.31. The van der Waals surface area contributed by atoms with Crippen molar-refractivity contribution in [3.8, 4) is 5.75 Å². The highest BCUT2D eigenvalue weighted by molar-refractivity contribution is 6.48. The first-order chi connectivity index (χ1) is 14.0. The molecule has 0 aliphatic carbocycles. The number of nitrogens with zero attached hydrogens (tertiary/aromatic N) is 1. The monoisotopic (exact) mass is 390 g/mol. The zero-order valence-electron chi connectivity index (χ0n) is 15.6. The van der Waals surface area contributed by atoms with Gasteiger partial charge in [-0.15, -0.1) is 0 Å². The molecule has 0 unspecified atom stereocenters. The zero-order valence-corrected chi connectivity index (χ0v) is 15.6. The van der Waals surface area contributed by atoms with Crippen molar-refractivity contribution in [2.75, 3.05) is 12.4 Å². The minimum Gasteiger partial charge on any atom is -0.497 e. The molecule has 0 aliphatic rings. The molecule has 0 radical (unpaired) electrons. The number of aromatic nitrogens is 3. The molecule has 0 fully saturated rings. The Morgan fingerprint density at radius 1 is 1.07 bits per heavy atom. The van der Waals surface area contributed by atoms with Crippen molar-refractivity contribution in [3.05, 3.63) is 82.3 Å². The van der Waals surface area contributed by atoms with E-state index < -0.39 is 17.2 Å². The van der Waals surface area contributed by atoms with Crippen LogP contribution in [0.5, 0.6) is 5.75 Å². The van der Waals surface area contributed by atoms with Gasteiger partial charge in [0.1, 0.15) is 11.6 Å². The smallest absolute Gasteiger partial charge is 0.297 e. The van der Waals surface area contributed by atoms with Gasteiger partial charge in [0.2, 0.25) is 0 Å². The highest BCUT2D eigenvalue weighted by atomic mass is 16.5. The number of Topliss-reactive ketones (excluding diaryl/α,β-unsaturated/α-hetero) is 1. The molecule has 8 heteroatoms. The lowest BCUT2D eigenvalue weighted by Crippen LogP contribution is -2.23. The number of methoxy groups -OCH3 is 1. The van der Waals surface area contributed by atoms with Gasteiger partial charge in [-0.1, -0.05) is 30.3 Å². The lowest BCUT2D eigenvalue weighted by molar-refractivity contribution is -0.112. The number of hydrogen-bond acceptors (Lipinski definition) is 4. The molecule has 0 saturated carbocycles. The van der Waals surface area contributed by atoms with E-state index in [9.17, 15) is 14.4 Å². The molecule has 0 bridgehead atoms. The third-order valence-electron chi connectivity index (χ3n) is 4.60. The van der Waals surface area contributed by atoms with Gasteiger partial charge in [-0.05, 0) is 23.8 Å². The minimum absolute atomic E-state index is 0.135. The number of ketones is 1. The highest BCUT2D eigenvalue weighted by Crippen LogP contribution is 2.24. The van der Waals surface area contributed by atoms with Gasteiger partial charge in [0.15, 0.2) is 0 Å². The number of aromatic amines is 2. The van der Waals surface area contributed by atoms with Crippen molar-refractivity contribution in [3.63, 3.8) is 0 Å². The number of nitrogens with one attached hydrogen (secondary N) is 3. The number of hydrogen-bond donors (Lipinski definition) is 3. The molecule has 2 aromatic heterocycles. The first-order valence-electron chi connectivity index (χ1n) is 8.89. The molecular formula is C21H18N4O4. The van der Waals surface area contributed by atoms with E-state index in [1.807, 2.05) is 47.0 Å². The Labute approximate surface area is 165 Å². The number of carbonyl (C=O) groups is 2. The number of ether oxygens (including phenoxy) is 1. The lowest BCUT2D eigenvalue weighted by Gasteiger charge is -2.06. The second-order valence-corrected chi connectivity index (χ2v) is 6.49. The Morgan fingerprint density at radius 3 is 2.52 bits per heavy atom. The van der Waals surface area contributed by atoms with Crippen LogP contribution in [0.2, 0.25) is 0 Å². The summed E-state index contributed by atoms with van der Waals surface area (Å²) in [5, 5.41) is 7.88. The second-order valence-electron chi connectivity index (χ2n) is 6.49. The summed E-state index contributed by atoms with van der Waals surface area (Å²) >= 11 is 0. The van der Waals surface area contributed by atoms with Crippen LogP contribution in [0.1, 0.15) is 15.9 Å². The second kappa shape index (κ2) is 7.51. The summed E-state index contributed by atoms with van der Waals surface area (Å²) in [5.41, 5.74) is 1.77. The Balaban J connectivity index is 1.65. The molecule has 4 rings (SSSR count). The van der Waals surface area contributed by atoms with Crippen LogP contribution in [-0.2, 0) is 11.3 Å². The van der Waals surface area contributed by atoms with Crippen molar-refractivity contribution >= 4 is 28.4 Å². The number of anilines is 1. The molecule has 4 aromatic rings. The lowest BCUT2D eigenvalue weighted by atomic mass is 10.1. The molecule has 0 saturated heterocycles. The number of carbonyl (C=O) groups excluding carboxylic acids is 2. The summed E-state index contributed by atoms with van der Waals surface area (Å²) in [4.78, 5) is 36.3. The molecule has 2 aromatic carbocycles. The maximum atomic E-state index is 12.8. The minimum atomic E-state index is -0.826. The molecule has 0 atom stereocenters. The summed E-state index contributed by atoms with van der Waals surface area (Å²) in [7, 11) is 1.61. The average molecular weight is 390 g/mol. The number of rotatable bonds is 6. The van der Waals surface area contributed by atoms with Crippen LogP contribution in [0.4, 0.5) is 5.82 Å². The Hall–Kier alpha value is -4.07. The number of fused-ring (bicyclic) bond motifs is 1. The maximum Gasteiger partial charge on any atom is 0.297 e. The van der Waals surface area contributed by atoms with Crippen LogP contribution >= 0.6 is 0 Å². The number of para-hydroxylation sites is 1.